The molecule has 1 heterocycles. The van der Waals surface area contributed by atoms with Crippen molar-refractivity contribution in [3.63, 3.8) is 0 Å². The van der Waals surface area contributed by atoms with E-state index in [1.165, 1.54) is 6.42 Å². The van der Waals surface area contributed by atoms with Gasteiger partial charge in [-0.15, -0.1) is 0 Å². The van der Waals surface area contributed by atoms with Crippen molar-refractivity contribution in [3.8, 4) is 0 Å². The predicted molar refractivity (Wildman–Crippen MR) is 51.1 cm³/mol. The summed E-state index contributed by atoms with van der Waals surface area (Å²) < 4.78 is 6.92. The first-order valence-electron chi connectivity index (χ1n) is 4.95. The molecule has 72 valence electrons. The Hall–Kier alpha value is -0.0800. The zero-order valence-corrected chi connectivity index (χ0v) is 9.00. The maximum absolute atomic E-state index is 5.81. The van der Waals surface area contributed by atoms with Gasteiger partial charge in [-0.25, -0.2) is 0 Å². The highest BCUT2D eigenvalue weighted by Crippen LogP contribution is 2.24. The van der Waals surface area contributed by atoms with Crippen LogP contribution in [-0.2, 0) is 4.74 Å². The largest absolute Gasteiger partial charge is 0.364 e. The van der Waals surface area contributed by atoms with Crippen molar-refractivity contribution >= 4 is 0 Å². The lowest BCUT2D eigenvalue weighted by Crippen LogP contribution is -2.61. The van der Waals surface area contributed by atoms with Gasteiger partial charge < -0.3 is 9.22 Å². The van der Waals surface area contributed by atoms with Crippen LogP contribution in [0, 0.1) is 0 Å². The number of ether oxygens (including phenoxy) is 1. The summed E-state index contributed by atoms with van der Waals surface area (Å²) in [5.74, 6) is 0. The zero-order chi connectivity index (χ0) is 9.35. The molecule has 0 spiro atoms. The van der Waals surface area contributed by atoms with Gasteiger partial charge in [0.2, 0.25) is 0 Å². The van der Waals surface area contributed by atoms with Crippen LogP contribution in [0.15, 0.2) is 0 Å². The van der Waals surface area contributed by atoms with Crippen LogP contribution < -0.4 is 0 Å². The number of likely N-dealkylation sites (N-methyl/N-ethyl adjacent to an activating group) is 1. The molecule has 1 fully saturated rings. The first-order valence-corrected chi connectivity index (χ1v) is 4.95. The minimum atomic E-state index is 0.411. The molecule has 3 unspecified atom stereocenters. The van der Waals surface area contributed by atoms with Crippen molar-refractivity contribution in [2.45, 2.75) is 45.4 Å². The quantitative estimate of drug-likeness (QED) is 0.546. The van der Waals surface area contributed by atoms with E-state index in [0.29, 0.717) is 18.2 Å². The van der Waals surface area contributed by atoms with Gasteiger partial charge in [0.1, 0.15) is 24.8 Å². The van der Waals surface area contributed by atoms with Gasteiger partial charge >= 0.3 is 0 Å². The molecule has 0 N–H and O–H groups in total. The van der Waals surface area contributed by atoms with E-state index in [2.05, 4.69) is 34.9 Å². The van der Waals surface area contributed by atoms with Gasteiger partial charge in [-0.1, -0.05) is 6.92 Å². The molecule has 2 nitrogen and oxygen atoms in total. The van der Waals surface area contributed by atoms with E-state index in [1.807, 2.05) is 0 Å². The zero-order valence-electron chi connectivity index (χ0n) is 9.00. The average molecular weight is 172 g/mol. The van der Waals surface area contributed by atoms with Crippen LogP contribution >= 0.6 is 0 Å². The Morgan fingerprint density at radius 3 is 2.33 bits per heavy atom. The second-order valence-corrected chi connectivity index (χ2v) is 4.59. The standard InChI is InChI=1S/C10H22NO/c1-6-10-9(3)12-8(2)7-11(10,4)5/h8-10H,6-7H2,1-5H3/q+1. The molecule has 2 heteroatoms. The highest BCUT2D eigenvalue weighted by molar-refractivity contribution is 4.72. The average Bonchev–Trinajstić information content (AvgIpc) is 1.82. The SMILES string of the molecule is CCC1C(C)OC(C)C[N+]1(C)C. The van der Waals surface area contributed by atoms with Crippen molar-refractivity contribution in [2.75, 3.05) is 20.6 Å². The van der Waals surface area contributed by atoms with E-state index in [0.717, 1.165) is 11.0 Å². The minimum Gasteiger partial charge on any atom is -0.364 e. The number of nitrogens with zero attached hydrogens (tertiary/aromatic N) is 1. The van der Waals surface area contributed by atoms with Crippen molar-refractivity contribution in [2.24, 2.45) is 0 Å². The molecule has 0 amide bonds. The van der Waals surface area contributed by atoms with Gasteiger partial charge in [0.05, 0.1) is 14.1 Å². The summed E-state index contributed by atoms with van der Waals surface area (Å²) in [4.78, 5) is 0. The summed E-state index contributed by atoms with van der Waals surface area (Å²) in [6.45, 7) is 7.76. The van der Waals surface area contributed by atoms with Gasteiger partial charge in [0.25, 0.3) is 0 Å². The molecule has 12 heavy (non-hydrogen) atoms. The van der Waals surface area contributed by atoms with Crippen molar-refractivity contribution in [1.82, 2.24) is 0 Å². The molecule has 1 aliphatic rings. The summed E-state index contributed by atoms with van der Waals surface area (Å²) in [7, 11) is 4.62. The van der Waals surface area contributed by atoms with E-state index in [4.69, 9.17) is 4.74 Å². The van der Waals surface area contributed by atoms with Crippen LogP contribution in [0.5, 0.6) is 0 Å². The number of hydrogen-bond acceptors (Lipinski definition) is 1. The molecule has 0 aromatic rings. The maximum Gasteiger partial charge on any atom is 0.115 e. The minimum absolute atomic E-state index is 0.411. The van der Waals surface area contributed by atoms with E-state index in [-0.39, 0.29) is 0 Å². The molecule has 1 saturated heterocycles. The van der Waals surface area contributed by atoms with Crippen LogP contribution in [0.2, 0.25) is 0 Å². The van der Waals surface area contributed by atoms with Crippen LogP contribution in [0.25, 0.3) is 0 Å². The van der Waals surface area contributed by atoms with Crippen LogP contribution in [-0.4, -0.2) is 43.4 Å². The summed E-state index contributed by atoms with van der Waals surface area (Å²) >= 11 is 0. The lowest BCUT2D eigenvalue weighted by Gasteiger charge is -2.46. The van der Waals surface area contributed by atoms with Crippen LogP contribution in [0.3, 0.4) is 0 Å². The number of rotatable bonds is 1. The Morgan fingerprint density at radius 2 is 1.92 bits per heavy atom. The Bertz CT molecular complexity index is 156. The molecule has 0 aromatic heterocycles. The second-order valence-electron chi connectivity index (χ2n) is 4.59. The molecular weight excluding hydrogens is 150 g/mol. The maximum atomic E-state index is 5.81. The fourth-order valence-electron chi connectivity index (χ4n) is 2.69. The lowest BCUT2D eigenvalue weighted by atomic mass is 10.0. The van der Waals surface area contributed by atoms with E-state index >= 15 is 0 Å². The van der Waals surface area contributed by atoms with Gasteiger partial charge in [0.15, 0.2) is 0 Å². The van der Waals surface area contributed by atoms with E-state index in [1.54, 1.807) is 0 Å². The van der Waals surface area contributed by atoms with Crippen molar-refractivity contribution in [1.29, 1.82) is 0 Å². The molecule has 0 radical (unpaired) electrons. The number of morpholine rings is 1. The molecular formula is C10H22NO+. The first-order chi connectivity index (χ1) is 5.47. The van der Waals surface area contributed by atoms with Crippen LogP contribution in [0.4, 0.5) is 0 Å². The molecule has 3 atom stereocenters. The third-order valence-corrected chi connectivity index (χ3v) is 3.03. The Morgan fingerprint density at radius 1 is 1.33 bits per heavy atom. The number of hydrogen-bond donors (Lipinski definition) is 0. The fourth-order valence-corrected chi connectivity index (χ4v) is 2.69. The molecule has 1 rings (SSSR count). The third kappa shape index (κ3) is 1.80. The fraction of sp³-hybridized carbons (Fsp3) is 1.00. The van der Waals surface area contributed by atoms with Gasteiger partial charge in [0, 0.05) is 0 Å². The number of quaternary nitrogens is 1. The summed E-state index contributed by atoms with van der Waals surface area (Å²) in [5, 5.41) is 0. The highest BCUT2D eigenvalue weighted by Gasteiger charge is 2.39. The topological polar surface area (TPSA) is 9.23 Å². The van der Waals surface area contributed by atoms with Gasteiger partial charge in [-0.3, -0.25) is 0 Å². The molecule has 0 aromatic carbocycles. The molecule has 1 aliphatic heterocycles. The third-order valence-electron chi connectivity index (χ3n) is 3.03. The molecule has 0 saturated carbocycles. The Kier molecular flexibility index (Phi) is 2.79. The molecule has 0 aliphatic carbocycles. The normalized spacial score (nSPS) is 41.2. The first kappa shape index (κ1) is 10.0. The second kappa shape index (κ2) is 3.35. The lowest BCUT2D eigenvalue weighted by molar-refractivity contribution is -0.930. The smallest absolute Gasteiger partial charge is 0.115 e. The van der Waals surface area contributed by atoms with Crippen molar-refractivity contribution in [3.05, 3.63) is 0 Å². The summed E-state index contributed by atoms with van der Waals surface area (Å²) in [5.41, 5.74) is 0. The summed E-state index contributed by atoms with van der Waals surface area (Å²) in [6.07, 6.45) is 2.03. The van der Waals surface area contributed by atoms with Gasteiger partial charge in [-0.05, 0) is 20.3 Å². The summed E-state index contributed by atoms with van der Waals surface area (Å²) in [6, 6.07) is 0.668. The van der Waals surface area contributed by atoms with E-state index < -0.39 is 0 Å². The monoisotopic (exact) mass is 172 g/mol. The highest BCUT2D eigenvalue weighted by atomic mass is 16.5. The molecule has 0 bridgehead atoms. The predicted octanol–water partition coefficient (Wildman–Crippen LogP) is 1.65. The van der Waals surface area contributed by atoms with E-state index in [9.17, 15) is 0 Å². The Labute approximate surface area is 76.1 Å². The van der Waals surface area contributed by atoms with Crippen LogP contribution in [0.1, 0.15) is 27.2 Å². The van der Waals surface area contributed by atoms with Gasteiger partial charge in [-0.2, -0.15) is 0 Å². The van der Waals surface area contributed by atoms with Crippen molar-refractivity contribution < 1.29 is 9.22 Å². The Balaban J connectivity index is 2.71.